The van der Waals surface area contributed by atoms with Crippen LogP contribution in [0.1, 0.15) is 31.3 Å². The highest BCUT2D eigenvalue weighted by Gasteiger charge is 2.11. The summed E-state index contributed by atoms with van der Waals surface area (Å²) in [5, 5.41) is 13.1. The van der Waals surface area contributed by atoms with Crippen LogP contribution in [-0.2, 0) is 13.2 Å². The van der Waals surface area contributed by atoms with Crippen LogP contribution in [0.25, 0.3) is 0 Å². The van der Waals surface area contributed by atoms with E-state index in [-0.39, 0.29) is 5.54 Å². The molecule has 102 valence electrons. The minimum Gasteiger partial charge on any atom is -0.464 e. The zero-order valence-corrected chi connectivity index (χ0v) is 12.3. The van der Waals surface area contributed by atoms with Gasteiger partial charge in [-0.05, 0) is 26.3 Å². The molecule has 0 aliphatic rings. The van der Waals surface area contributed by atoms with Crippen LogP contribution in [0.2, 0.25) is 0 Å². The lowest BCUT2D eigenvalue weighted by molar-refractivity contribution is 0.302. The molecule has 1 N–H and O–H groups in total. The number of aromatic nitrogens is 2. The van der Waals surface area contributed by atoms with E-state index in [0.29, 0.717) is 11.8 Å². The molecule has 1 aromatic heterocycles. The highest BCUT2D eigenvalue weighted by Crippen LogP contribution is 2.19. The normalized spacial score (nSPS) is 11.5. The molecule has 0 unspecified atom stereocenters. The summed E-state index contributed by atoms with van der Waals surface area (Å²) >= 11 is 1.49. The van der Waals surface area contributed by atoms with Gasteiger partial charge in [-0.1, -0.05) is 46.8 Å². The monoisotopic (exact) mass is 277 g/mol. The van der Waals surface area contributed by atoms with Gasteiger partial charge in [0, 0.05) is 5.54 Å². The van der Waals surface area contributed by atoms with Gasteiger partial charge in [0.1, 0.15) is 11.6 Å². The zero-order chi connectivity index (χ0) is 13.7. The van der Waals surface area contributed by atoms with Crippen LogP contribution in [0, 0.1) is 0 Å². The van der Waals surface area contributed by atoms with Crippen molar-refractivity contribution in [1.29, 1.82) is 0 Å². The molecule has 19 heavy (non-hydrogen) atoms. The molecular weight excluding hydrogens is 258 g/mol. The number of hydrogen-bond donors (Lipinski definition) is 1. The highest BCUT2D eigenvalue weighted by atomic mass is 32.1. The molecule has 4 nitrogen and oxygen atoms in total. The van der Waals surface area contributed by atoms with E-state index in [9.17, 15) is 0 Å². The van der Waals surface area contributed by atoms with Crippen molar-refractivity contribution in [3.8, 4) is 5.19 Å². The van der Waals surface area contributed by atoms with E-state index in [0.717, 1.165) is 17.1 Å². The maximum Gasteiger partial charge on any atom is 0.294 e. The minimum absolute atomic E-state index is 0.0801. The number of rotatable bonds is 5. The fourth-order valence-corrected chi connectivity index (χ4v) is 2.06. The SMILES string of the molecule is CC(C)(C)NCc1nnc(OCc2ccccc2)s1. The zero-order valence-electron chi connectivity index (χ0n) is 11.5. The first-order valence-electron chi connectivity index (χ1n) is 6.27. The van der Waals surface area contributed by atoms with E-state index >= 15 is 0 Å². The fraction of sp³-hybridized carbons (Fsp3) is 0.429. The molecule has 0 aliphatic heterocycles. The van der Waals surface area contributed by atoms with Crippen molar-refractivity contribution in [1.82, 2.24) is 15.5 Å². The van der Waals surface area contributed by atoms with Gasteiger partial charge in [-0.15, -0.1) is 5.10 Å². The lowest BCUT2D eigenvalue weighted by atomic mass is 10.1. The lowest BCUT2D eigenvalue weighted by Crippen LogP contribution is -2.35. The Balaban J connectivity index is 1.84. The number of nitrogens with one attached hydrogen (secondary N) is 1. The van der Waals surface area contributed by atoms with E-state index in [4.69, 9.17) is 4.74 Å². The maximum absolute atomic E-state index is 5.62. The van der Waals surface area contributed by atoms with Gasteiger partial charge in [0.25, 0.3) is 5.19 Å². The Labute approximate surface area is 117 Å². The summed E-state index contributed by atoms with van der Waals surface area (Å²) in [6.07, 6.45) is 0. The molecule has 0 atom stereocenters. The van der Waals surface area contributed by atoms with Gasteiger partial charge in [0.15, 0.2) is 0 Å². The smallest absolute Gasteiger partial charge is 0.294 e. The van der Waals surface area contributed by atoms with E-state index in [1.54, 1.807) is 0 Å². The summed E-state index contributed by atoms with van der Waals surface area (Å²) in [5.74, 6) is 0. The number of ether oxygens (including phenoxy) is 1. The first kappa shape index (κ1) is 14.0. The molecule has 0 bridgehead atoms. The standard InChI is InChI=1S/C14H19N3OS/c1-14(2,3)15-9-12-16-17-13(19-12)18-10-11-7-5-4-6-8-11/h4-8,15H,9-10H2,1-3H3. The Morgan fingerprint density at radius 3 is 2.58 bits per heavy atom. The first-order valence-corrected chi connectivity index (χ1v) is 7.09. The molecule has 0 aliphatic carbocycles. The minimum atomic E-state index is 0.0801. The highest BCUT2D eigenvalue weighted by molar-refractivity contribution is 7.13. The molecule has 5 heteroatoms. The molecule has 0 amide bonds. The molecule has 0 spiro atoms. The largest absolute Gasteiger partial charge is 0.464 e. The molecule has 2 rings (SSSR count). The van der Waals surface area contributed by atoms with Crippen molar-refractivity contribution in [3.63, 3.8) is 0 Å². The summed E-state index contributed by atoms with van der Waals surface area (Å²) in [6.45, 7) is 7.63. The summed E-state index contributed by atoms with van der Waals surface area (Å²) in [4.78, 5) is 0. The molecular formula is C14H19N3OS. The van der Waals surface area contributed by atoms with Gasteiger partial charge in [0.05, 0.1) is 6.54 Å². The predicted molar refractivity (Wildman–Crippen MR) is 77.3 cm³/mol. The van der Waals surface area contributed by atoms with Crippen LogP contribution in [0.15, 0.2) is 30.3 Å². The number of nitrogens with zero attached hydrogens (tertiary/aromatic N) is 2. The van der Waals surface area contributed by atoms with E-state index < -0.39 is 0 Å². The van der Waals surface area contributed by atoms with Gasteiger partial charge < -0.3 is 10.1 Å². The topological polar surface area (TPSA) is 47.0 Å². The van der Waals surface area contributed by atoms with E-state index in [1.165, 1.54) is 11.3 Å². The Morgan fingerprint density at radius 1 is 1.16 bits per heavy atom. The van der Waals surface area contributed by atoms with Crippen LogP contribution in [0.3, 0.4) is 0 Å². The predicted octanol–water partition coefficient (Wildman–Crippen LogP) is 3.01. The lowest BCUT2D eigenvalue weighted by Gasteiger charge is -2.19. The summed E-state index contributed by atoms with van der Waals surface area (Å²) in [5.41, 5.74) is 1.21. The third-order valence-corrected chi connectivity index (χ3v) is 3.26. The molecule has 0 saturated heterocycles. The second-order valence-electron chi connectivity index (χ2n) is 5.34. The summed E-state index contributed by atoms with van der Waals surface area (Å²) in [7, 11) is 0. The van der Waals surface area contributed by atoms with Crippen molar-refractivity contribution in [2.24, 2.45) is 0 Å². The maximum atomic E-state index is 5.62. The van der Waals surface area contributed by atoms with Crippen molar-refractivity contribution in [2.75, 3.05) is 0 Å². The van der Waals surface area contributed by atoms with E-state index in [2.05, 4.69) is 36.3 Å². The van der Waals surface area contributed by atoms with Crippen LogP contribution in [0.4, 0.5) is 0 Å². The Morgan fingerprint density at radius 2 is 1.89 bits per heavy atom. The molecule has 0 saturated carbocycles. The Kier molecular flexibility index (Phi) is 4.50. The van der Waals surface area contributed by atoms with Crippen LogP contribution < -0.4 is 10.1 Å². The molecule has 0 fully saturated rings. The molecule has 0 radical (unpaired) electrons. The van der Waals surface area contributed by atoms with Gasteiger partial charge >= 0.3 is 0 Å². The van der Waals surface area contributed by atoms with Crippen molar-refractivity contribution < 1.29 is 4.74 Å². The number of hydrogen-bond acceptors (Lipinski definition) is 5. The van der Waals surface area contributed by atoms with Crippen molar-refractivity contribution >= 4 is 11.3 Å². The van der Waals surface area contributed by atoms with Crippen LogP contribution >= 0.6 is 11.3 Å². The Hall–Kier alpha value is -1.46. The van der Waals surface area contributed by atoms with Crippen molar-refractivity contribution in [2.45, 2.75) is 39.5 Å². The molecule has 1 heterocycles. The van der Waals surface area contributed by atoms with Gasteiger partial charge in [0.2, 0.25) is 0 Å². The third-order valence-electron chi connectivity index (χ3n) is 2.42. The van der Waals surface area contributed by atoms with Crippen LogP contribution in [0.5, 0.6) is 5.19 Å². The second-order valence-corrected chi connectivity index (χ2v) is 6.36. The second kappa shape index (κ2) is 6.12. The van der Waals surface area contributed by atoms with Gasteiger partial charge in [-0.3, -0.25) is 0 Å². The van der Waals surface area contributed by atoms with Gasteiger partial charge in [-0.2, -0.15) is 0 Å². The fourth-order valence-electron chi connectivity index (χ4n) is 1.43. The average Bonchev–Trinajstić information content (AvgIpc) is 2.82. The van der Waals surface area contributed by atoms with Crippen LogP contribution in [-0.4, -0.2) is 15.7 Å². The first-order chi connectivity index (χ1) is 9.03. The quantitative estimate of drug-likeness (QED) is 0.912. The Bertz CT molecular complexity index is 505. The van der Waals surface area contributed by atoms with Crippen molar-refractivity contribution in [3.05, 3.63) is 40.9 Å². The third kappa shape index (κ3) is 4.96. The summed E-state index contributed by atoms with van der Waals surface area (Å²) in [6, 6.07) is 10.0. The van der Waals surface area contributed by atoms with E-state index in [1.807, 2.05) is 30.3 Å². The number of benzene rings is 1. The molecule has 2 aromatic rings. The average molecular weight is 277 g/mol. The van der Waals surface area contributed by atoms with Gasteiger partial charge in [-0.25, -0.2) is 0 Å². The summed E-state index contributed by atoms with van der Waals surface area (Å²) < 4.78 is 5.62. The molecule has 1 aromatic carbocycles.